The van der Waals surface area contributed by atoms with Crippen LogP contribution in [0.25, 0.3) is 0 Å². The standard InChI is InChI=1S/C19H17NO4Si/c1-23-19-14-15(20(21)22)12-13-18(19)24-25(16-8-4-2-5-9-16)17-10-6-3-7-11-17/h2-14,25H,1H3. The summed E-state index contributed by atoms with van der Waals surface area (Å²) in [6.45, 7) is 0. The first kappa shape index (κ1) is 16.7. The highest BCUT2D eigenvalue weighted by Crippen LogP contribution is 2.31. The van der Waals surface area contributed by atoms with E-state index in [-0.39, 0.29) is 5.69 Å². The van der Waals surface area contributed by atoms with Gasteiger partial charge < -0.3 is 9.16 Å². The summed E-state index contributed by atoms with van der Waals surface area (Å²) in [5, 5.41) is 13.2. The molecular formula is C19H17NO4Si. The molecule has 0 aliphatic carbocycles. The van der Waals surface area contributed by atoms with Gasteiger partial charge in [0.25, 0.3) is 14.7 Å². The third kappa shape index (κ3) is 3.86. The Hall–Kier alpha value is -3.12. The fourth-order valence-corrected chi connectivity index (χ4v) is 4.83. The number of non-ortho nitro benzene ring substituents is 1. The Bertz CT molecular complexity index is 816. The smallest absolute Gasteiger partial charge is 0.299 e. The second-order valence-electron chi connectivity index (χ2n) is 5.41. The van der Waals surface area contributed by atoms with Gasteiger partial charge in [-0.15, -0.1) is 0 Å². The molecule has 6 heteroatoms. The molecule has 0 spiro atoms. The summed E-state index contributed by atoms with van der Waals surface area (Å²) in [7, 11) is -0.529. The predicted octanol–water partition coefficient (Wildman–Crippen LogP) is 2.52. The van der Waals surface area contributed by atoms with Gasteiger partial charge in [0.1, 0.15) is 5.75 Å². The van der Waals surface area contributed by atoms with E-state index in [9.17, 15) is 10.1 Å². The Balaban J connectivity index is 2.00. The Morgan fingerprint density at radius 1 is 0.840 bits per heavy atom. The maximum Gasteiger partial charge on any atom is 0.299 e. The van der Waals surface area contributed by atoms with Gasteiger partial charge in [0.15, 0.2) is 5.75 Å². The third-order valence-corrected chi connectivity index (χ3v) is 6.28. The lowest BCUT2D eigenvalue weighted by Gasteiger charge is -2.20. The number of methoxy groups -OCH3 is 1. The average Bonchev–Trinajstić information content (AvgIpc) is 2.67. The van der Waals surface area contributed by atoms with E-state index in [1.807, 2.05) is 60.7 Å². The molecule has 0 radical (unpaired) electrons. The van der Waals surface area contributed by atoms with Crippen molar-refractivity contribution in [3.63, 3.8) is 0 Å². The van der Waals surface area contributed by atoms with E-state index >= 15 is 0 Å². The van der Waals surface area contributed by atoms with Crippen molar-refractivity contribution in [2.75, 3.05) is 7.11 Å². The van der Waals surface area contributed by atoms with Gasteiger partial charge in [0.05, 0.1) is 18.1 Å². The van der Waals surface area contributed by atoms with Crippen LogP contribution < -0.4 is 19.5 Å². The van der Waals surface area contributed by atoms with Crippen molar-refractivity contribution in [3.8, 4) is 11.5 Å². The van der Waals surface area contributed by atoms with Crippen molar-refractivity contribution in [2.24, 2.45) is 0 Å². The van der Waals surface area contributed by atoms with Crippen molar-refractivity contribution < 1.29 is 14.1 Å². The Kier molecular flexibility index (Phi) is 5.11. The van der Waals surface area contributed by atoms with Crippen LogP contribution in [0, 0.1) is 10.1 Å². The minimum Gasteiger partial charge on any atom is -0.535 e. The van der Waals surface area contributed by atoms with E-state index in [0.717, 1.165) is 10.4 Å². The first-order chi connectivity index (χ1) is 12.2. The SMILES string of the molecule is COc1cc([N+](=O)[O-])ccc1O[SiH](c1ccccc1)c1ccccc1. The topological polar surface area (TPSA) is 61.6 Å². The number of rotatable bonds is 6. The van der Waals surface area contributed by atoms with Crippen molar-refractivity contribution in [1.29, 1.82) is 0 Å². The van der Waals surface area contributed by atoms with Crippen LogP contribution in [0.4, 0.5) is 5.69 Å². The Labute approximate surface area is 147 Å². The van der Waals surface area contributed by atoms with Crippen LogP contribution in [-0.2, 0) is 0 Å². The summed E-state index contributed by atoms with van der Waals surface area (Å²) in [5.41, 5.74) is -0.0261. The molecule has 0 unspecified atom stereocenters. The highest BCUT2D eigenvalue weighted by Gasteiger charge is 2.22. The Morgan fingerprint density at radius 3 is 1.88 bits per heavy atom. The zero-order valence-corrected chi connectivity index (χ0v) is 14.8. The Morgan fingerprint density at radius 2 is 1.40 bits per heavy atom. The van der Waals surface area contributed by atoms with Crippen molar-refractivity contribution in [1.82, 2.24) is 0 Å². The first-order valence-corrected chi connectivity index (χ1v) is 9.40. The lowest BCUT2D eigenvalue weighted by atomic mass is 10.3. The molecular weight excluding hydrogens is 334 g/mol. The number of hydrogen-bond acceptors (Lipinski definition) is 4. The molecule has 0 heterocycles. The minimum absolute atomic E-state index is 0.0261. The lowest BCUT2D eigenvalue weighted by Crippen LogP contribution is -2.47. The summed E-state index contributed by atoms with van der Waals surface area (Å²) in [4.78, 5) is 10.5. The quantitative estimate of drug-likeness (QED) is 0.389. The molecule has 3 rings (SSSR count). The minimum atomic E-state index is -2.01. The fraction of sp³-hybridized carbons (Fsp3) is 0.0526. The molecule has 0 aliphatic heterocycles. The van der Waals surface area contributed by atoms with Gasteiger partial charge in [-0.1, -0.05) is 60.7 Å². The zero-order valence-electron chi connectivity index (χ0n) is 13.7. The van der Waals surface area contributed by atoms with Gasteiger partial charge in [0.2, 0.25) is 0 Å². The number of benzene rings is 3. The van der Waals surface area contributed by atoms with Gasteiger partial charge in [-0.3, -0.25) is 10.1 Å². The van der Waals surface area contributed by atoms with Crippen LogP contribution in [0.15, 0.2) is 78.9 Å². The maximum absolute atomic E-state index is 11.0. The molecule has 0 atom stereocenters. The molecule has 0 saturated heterocycles. The molecule has 0 amide bonds. The van der Waals surface area contributed by atoms with Crippen LogP contribution in [0.3, 0.4) is 0 Å². The molecule has 0 N–H and O–H groups in total. The van der Waals surface area contributed by atoms with Crippen LogP contribution in [-0.4, -0.2) is 21.1 Å². The van der Waals surface area contributed by atoms with E-state index in [4.69, 9.17) is 9.16 Å². The molecule has 0 aliphatic rings. The van der Waals surface area contributed by atoms with E-state index in [2.05, 4.69) is 0 Å². The highest BCUT2D eigenvalue weighted by molar-refractivity contribution is 6.80. The van der Waals surface area contributed by atoms with Gasteiger partial charge in [-0.2, -0.15) is 0 Å². The summed E-state index contributed by atoms with van der Waals surface area (Å²) in [5.74, 6) is 0.871. The van der Waals surface area contributed by atoms with Crippen LogP contribution >= 0.6 is 0 Å². The molecule has 5 nitrogen and oxygen atoms in total. The van der Waals surface area contributed by atoms with Gasteiger partial charge >= 0.3 is 0 Å². The van der Waals surface area contributed by atoms with Crippen molar-refractivity contribution >= 4 is 25.1 Å². The van der Waals surface area contributed by atoms with Crippen LogP contribution in [0.2, 0.25) is 0 Å². The van der Waals surface area contributed by atoms with E-state index < -0.39 is 14.0 Å². The largest absolute Gasteiger partial charge is 0.535 e. The average molecular weight is 351 g/mol. The number of nitrogens with zero attached hydrogens (tertiary/aromatic N) is 1. The summed E-state index contributed by atoms with van der Waals surface area (Å²) < 4.78 is 11.6. The lowest BCUT2D eigenvalue weighted by molar-refractivity contribution is -0.384. The molecule has 3 aromatic carbocycles. The normalized spacial score (nSPS) is 10.5. The van der Waals surface area contributed by atoms with E-state index in [1.54, 1.807) is 6.07 Å². The molecule has 0 saturated carbocycles. The second kappa shape index (κ2) is 7.63. The molecule has 0 aromatic heterocycles. The molecule has 126 valence electrons. The number of nitro benzene ring substituents is 1. The summed E-state index contributed by atoms with van der Waals surface area (Å²) in [6.07, 6.45) is 0. The summed E-state index contributed by atoms with van der Waals surface area (Å²) >= 11 is 0. The second-order valence-corrected chi connectivity index (χ2v) is 7.74. The first-order valence-electron chi connectivity index (χ1n) is 7.78. The maximum atomic E-state index is 11.0. The van der Waals surface area contributed by atoms with Gasteiger partial charge in [-0.25, -0.2) is 0 Å². The summed E-state index contributed by atoms with van der Waals surface area (Å²) in [6, 6.07) is 24.4. The molecule has 3 aromatic rings. The van der Waals surface area contributed by atoms with Crippen molar-refractivity contribution in [2.45, 2.75) is 0 Å². The molecule has 0 bridgehead atoms. The molecule has 25 heavy (non-hydrogen) atoms. The number of hydrogen-bond donors (Lipinski definition) is 0. The van der Waals surface area contributed by atoms with Crippen LogP contribution in [0.5, 0.6) is 11.5 Å². The highest BCUT2D eigenvalue weighted by atomic mass is 28.3. The van der Waals surface area contributed by atoms with E-state index in [0.29, 0.717) is 11.5 Å². The zero-order chi connectivity index (χ0) is 17.6. The monoisotopic (exact) mass is 351 g/mol. The van der Waals surface area contributed by atoms with Gasteiger partial charge in [-0.05, 0) is 16.4 Å². The van der Waals surface area contributed by atoms with E-state index in [1.165, 1.54) is 19.2 Å². The third-order valence-electron chi connectivity index (χ3n) is 3.81. The number of nitro groups is 1. The van der Waals surface area contributed by atoms with Crippen LogP contribution in [0.1, 0.15) is 0 Å². The van der Waals surface area contributed by atoms with Crippen molar-refractivity contribution in [3.05, 3.63) is 89.0 Å². The van der Waals surface area contributed by atoms with Gasteiger partial charge in [0, 0.05) is 6.07 Å². The molecule has 0 fully saturated rings. The fourth-order valence-electron chi connectivity index (χ4n) is 2.58. The number of ether oxygens (including phenoxy) is 1. The predicted molar refractivity (Wildman–Crippen MR) is 99.6 cm³/mol.